The predicted molar refractivity (Wildman–Crippen MR) is 176 cm³/mol. The molecular formula is C38H62O2. The molecule has 0 fully saturated rings. The Morgan fingerprint density at radius 1 is 0.900 bits per heavy atom. The molecule has 0 aromatic carbocycles. The zero-order chi connectivity index (χ0) is 30.0. The Morgan fingerprint density at radius 2 is 1.48 bits per heavy atom. The quantitative estimate of drug-likeness (QED) is 0.0908. The van der Waals surface area contributed by atoms with E-state index < -0.39 is 5.41 Å². The molecular weight excluding hydrogens is 488 g/mol. The van der Waals surface area contributed by atoms with E-state index in [1.54, 1.807) is 0 Å². The minimum atomic E-state index is -0.419. The number of carbonyl (C=O) groups is 1. The van der Waals surface area contributed by atoms with E-state index in [0.29, 0.717) is 12.5 Å². The van der Waals surface area contributed by atoms with E-state index in [9.17, 15) is 4.79 Å². The van der Waals surface area contributed by atoms with Gasteiger partial charge in [0.05, 0.1) is 12.0 Å². The first kappa shape index (κ1) is 35.9. The molecule has 1 aliphatic carbocycles. The molecule has 0 amide bonds. The number of allylic oxidation sites excluding steroid dienone is 11. The molecule has 2 atom stereocenters. The molecule has 0 N–H and O–H groups in total. The maximum absolute atomic E-state index is 13.2. The summed E-state index contributed by atoms with van der Waals surface area (Å²) in [4.78, 5) is 13.2. The molecule has 0 aromatic heterocycles. The average molecular weight is 551 g/mol. The van der Waals surface area contributed by atoms with Crippen LogP contribution in [0, 0.1) is 11.3 Å². The molecule has 40 heavy (non-hydrogen) atoms. The van der Waals surface area contributed by atoms with Crippen LogP contribution in [0.25, 0.3) is 0 Å². The van der Waals surface area contributed by atoms with Crippen molar-refractivity contribution in [3.8, 4) is 0 Å². The zero-order valence-electron chi connectivity index (χ0n) is 27.6. The number of esters is 1. The lowest BCUT2D eigenvalue weighted by Crippen LogP contribution is -2.35. The Hall–Kier alpha value is -2.09. The summed E-state index contributed by atoms with van der Waals surface area (Å²) in [6.45, 7) is 22.4. The summed E-state index contributed by atoms with van der Waals surface area (Å²) < 4.78 is 5.76. The Labute approximate surface area is 248 Å². The second-order valence-electron chi connectivity index (χ2n) is 13.1. The van der Waals surface area contributed by atoms with Gasteiger partial charge in [0, 0.05) is 0 Å². The lowest BCUT2D eigenvalue weighted by molar-refractivity contribution is -0.156. The van der Waals surface area contributed by atoms with Crippen molar-refractivity contribution in [1.82, 2.24) is 0 Å². The van der Waals surface area contributed by atoms with Gasteiger partial charge in [-0.1, -0.05) is 83.7 Å². The molecule has 226 valence electrons. The van der Waals surface area contributed by atoms with Crippen molar-refractivity contribution in [2.45, 2.75) is 145 Å². The van der Waals surface area contributed by atoms with Gasteiger partial charge in [-0.15, -0.1) is 0 Å². The SMILES string of the molecule is C=C(CC/C=C(\C)CCC=C(C)C)CCC1C=C(CC/C=C(\C)CCC=C(C)C)CC(C)(C(=O)OCCCC)C1. The van der Waals surface area contributed by atoms with E-state index in [2.05, 4.69) is 92.3 Å². The lowest BCUT2D eigenvalue weighted by Gasteiger charge is -2.36. The van der Waals surface area contributed by atoms with Crippen LogP contribution >= 0.6 is 0 Å². The molecule has 2 heteroatoms. The first-order chi connectivity index (χ1) is 18.9. The molecule has 0 spiro atoms. The van der Waals surface area contributed by atoms with Crippen molar-refractivity contribution in [3.05, 3.63) is 70.4 Å². The molecule has 1 rings (SSSR count). The van der Waals surface area contributed by atoms with Crippen LogP contribution in [0.1, 0.15) is 145 Å². The molecule has 0 heterocycles. The Bertz CT molecular complexity index is 931. The van der Waals surface area contributed by atoms with Gasteiger partial charge in [0.25, 0.3) is 0 Å². The van der Waals surface area contributed by atoms with Crippen LogP contribution in [0.5, 0.6) is 0 Å². The van der Waals surface area contributed by atoms with Gasteiger partial charge in [0.2, 0.25) is 0 Å². The van der Waals surface area contributed by atoms with Gasteiger partial charge in [-0.25, -0.2) is 0 Å². The third kappa shape index (κ3) is 16.2. The summed E-state index contributed by atoms with van der Waals surface area (Å²) in [7, 11) is 0. The monoisotopic (exact) mass is 550 g/mol. The number of hydrogen-bond acceptors (Lipinski definition) is 2. The van der Waals surface area contributed by atoms with Gasteiger partial charge >= 0.3 is 5.97 Å². The molecule has 0 bridgehead atoms. The fourth-order valence-corrected chi connectivity index (χ4v) is 5.52. The van der Waals surface area contributed by atoms with Gasteiger partial charge in [-0.3, -0.25) is 4.79 Å². The van der Waals surface area contributed by atoms with Crippen LogP contribution in [0.15, 0.2) is 70.4 Å². The van der Waals surface area contributed by atoms with Crippen molar-refractivity contribution in [1.29, 1.82) is 0 Å². The minimum absolute atomic E-state index is 0.00227. The largest absolute Gasteiger partial charge is 0.465 e. The van der Waals surface area contributed by atoms with Crippen molar-refractivity contribution < 1.29 is 9.53 Å². The van der Waals surface area contributed by atoms with Crippen LogP contribution in [-0.4, -0.2) is 12.6 Å². The van der Waals surface area contributed by atoms with Crippen LogP contribution in [-0.2, 0) is 9.53 Å². The van der Waals surface area contributed by atoms with E-state index in [0.717, 1.165) is 89.9 Å². The summed E-state index contributed by atoms with van der Waals surface area (Å²) in [6.07, 6.45) is 26.4. The van der Waals surface area contributed by atoms with E-state index >= 15 is 0 Å². The van der Waals surface area contributed by atoms with Crippen molar-refractivity contribution in [3.63, 3.8) is 0 Å². The Kier molecular flexibility index (Phi) is 17.9. The minimum Gasteiger partial charge on any atom is -0.465 e. The fraction of sp³-hybridized carbons (Fsp3) is 0.658. The first-order valence-electron chi connectivity index (χ1n) is 16.1. The van der Waals surface area contributed by atoms with Crippen LogP contribution < -0.4 is 0 Å². The second kappa shape index (κ2) is 19.9. The Balaban J connectivity index is 2.75. The Morgan fingerprint density at radius 3 is 2.05 bits per heavy atom. The first-order valence-corrected chi connectivity index (χ1v) is 16.1. The highest BCUT2D eigenvalue weighted by molar-refractivity contribution is 5.77. The molecule has 0 radical (unpaired) electrons. The molecule has 2 nitrogen and oxygen atoms in total. The summed E-state index contributed by atoms with van der Waals surface area (Å²) in [6, 6.07) is 0. The molecule has 1 aliphatic rings. The van der Waals surface area contributed by atoms with E-state index in [1.807, 2.05) is 0 Å². The number of rotatable bonds is 19. The second-order valence-corrected chi connectivity index (χ2v) is 13.1. The fourth-order valence-electron chi connectivity index (χ4n) is 5.52. The van der Waals surface area contributed by atoms with Gasteiger partial charge < -0.3 is 4.74 Å². The number of hydrogen-bond donors (Lipinski definition) is 0. The average Bonchev–Trinajstić information content (AvgIpc) is 2.87. The van der Waals surface area contributed by atoms with E-state index in [1.165, 1.54) is 33.4 Å². The maximum Gasteiger partial charge on any atom is 0.312 e. The topological polar surface area (TPSA) is 26.3 Å². The van der Waals surface area contributed by atoms with Crippen molar-refractivity contribution in [2.75, 3.05) is 6.61 Å². The molecule has 0 aromatic rings. The zero-order valence-corrected chi connectivity index (χ0v) is 27.6. The highest BCUT2D eigenvalue weighted by Gasteiger charge is 2.40. The van der Waals surface area contributed by atoms with Gasteiger partial charge in [-0.2, -0.15) is 0 Å². The van der Waals surface area contributed by atoms with E-state index in [4.69, 9.17) is 4.74 Å². The number of ether oxygens (including phenoxy) is 1. The standard InChI is InChI=1S/C38H62O2/c1-10-11-26-40-37(39)38(9)28-35(23-15-22-33(7)19-13-17-31(4)5)27-36(29-38)25-24-34(8)21-14-20-32(6)18-12-16-30(2)3/h16-17,20,22,27,36H,8,10-15,18-19,21,23-26,28-29H2,1-7,9H3/b32-20+,33-22+. The highest BCUT2D eigenvalue weighted by atomic mass is 16.5. The smallest absolute Gasteiger partial charge is 0.312 e. The molecule has 0 aliphatic heterocycles. The highest BCUT2D eigenvalue weighted by Crippen LogP contribution is 2.43. The summed E-state index contributed by atoms with van der Waals surface area (Å²) in [5, 5.41) is 0. The predicted octanol–water partition coefficient (Wildman–Crippen LogP) is 12.0. The van der Waals surface area contributed by atoms with Gasteiger partial charge in [0.1, 0.15) is 0 Å². The summed E-state index contributed by atoms with van der Waals surface area (Å²) in [5.41, 5.74) is 8.07. The molecule has 0 saturated heterocycles. The van der Waals surface area contributed by atoms with Crippen LogP contribution in [0.3, 0.4) is 0 Å². The molecule has 0 saturated carbocycles. The van der Waals surface area contributed by atoms with Gasteiger partial charge in [0.15, 0.2) is 0 Å². The van der Waals surface area contributed by atoms with Crippen LogP contribution in [0.4, 0.5) is 0 Å². The lowest BCUT2D eigenvalue weighted by atomic mass is 9.69. The summed E-state index contributed by atoms with van der Waals surface area (Å²) in [5.74, 6) is 0.408. The van der Waals surface area contributed by atoms with Crippen molar-refractivity contribution in [2.24, 2.45) is 11.3 Å². The van der Waals surface area contributed by atoms with Crippen LogP contribution in [0.2, 0.25) is 0 Å². The van der Waals surface area contributed by atoms with Gasteiger partial charge in [-0.05, 0) is 138 Å². The summed E-state index contributed by atoms with van der Waals surface area (Å²) >= 11 is 0. The third-order valence-electron chi connectivity index (χ3n) is 8.03. The number of unbranched alkanes of at least 4 members (excludes halogenated alkanes) is 1. The van der Waals surface area contributed by atoms with E-state index in [-0.39, 0.29) is 5.97 Å². The van der Waals surface area contributed by atoms with Crippen molar-refractivity contribution >= 4 is 5.97 Å². The number of carbonyl (C=O) groups excluding carboxylic acids is 1. The third-order valence-corrected chi connectivity index (χ3v) is 8.03. The molecule has 2 unspecified atom stereocenters. The normalized spacial score (nSPS) is 19.6. The maximum atomic E-state index is 13.2.